The summed E-state index contributed by atoms with van der Waals surface area (Å²) >= 11 is 0. The normalized spacial score (nSPS) is 17.4. The molecule has 1 aliphatic carbocycles. The van der Waals surface area contributed by atoms with E-state index in [-0.39, 0.29) is 0 Å². The molecule has 120 valence electrons. The maximum Gasteiger partial charge on any atom is 0.000792 e. The van der Waals surface area contributed by atoms with Gasteiger partial charge in [-0.1, -0.05) is 78.6 Å². The molecule has 0 aliphatic heterocycles. The minimum Gasteiger partial charge on any atom is -0.316 e. The highest BCUT2D eigenvalue weighted by Gasteiger charge is 2.35. The van der Waals surface area contributed by atoms with E-state index in [2.05, 4.69) is 26.1 Å². The number of rotatable bonds is 13. The second-order valence-corrected chi connectivity index (χ2v) is 7.60. The highest BCUT2D eigenvalue weighted by molar-refractivity contribution is 4.89. The third-order valence-corrected chi connectivity index (χ3v) is 5.03. The van der Waals surface area contributed by atoms with Crippen molar-refractivity contribution < 1.29 is 0 Å². The Morgan fingerprint density at radius 2 is 1.50 bits per heavy atom. The van der Waals surface area contributed by atoms with Crippen LogP contribution in [0.4, 0.5) is 0 Å². The van der Waals surface area contributed by atoms with Gasteiger partial charge in [0, 0.05) is 6.54 Å². The standard InChI is InChI=1S/C19H39N/c1-4-5-6-7-8-9-10-11-13-19(14-12-15-19)17-20-16-18(2)3/h18,20H,4-17H2,1-3H3. The van der Waals surface area contributed by atoms with Gasteiger partial charge < -0.3 is 5.32 Å². The first-order valence-electron chi connectivity index (χ1n) is 9.39. The first kappa shape index (κ1) is 18.0. The van der Waals surface area contributed by atoms with Crippen molar-refractivity contribution in [1.29, 1.82) is 0 Å². The second kappa shape index (κ2) is 10.7. The predicted molar refractivity (Wildman–Crippen MR) is 91.2 cm³/mol. The molecule has 1 aliphatic rings. The molecule has 0 radical (unpaired) electrons. The fraction of sp³-hybridized carbons (Fsp3) is 1.00. The van der Waals surface area contributed by atoms with E-state index in [1.807, 2.05) is 0 Å². The molecular weight excluding hydrogens is 242 g/mol. The summed E-state index contributed by atoms with van der Waals surface area (Å²) in [6, 6.07) is 0. The van der Waals surface area contributed by atoms with Crippen LogP contribution < -0.4 is 5.32 Å². The van der Waals surface area contributed by atoms with Crippen molar-refractivity contribution in [3.05, 3.63) is 0 Å². The zero-order chi connectivity index (χ0) is 14.7. The SMILES string of the molecule is CCCCCCCCCCC1(CNCC(C)C)CCC1. The van der Waals surface area contributed by atoms with Crippen LogP contribution in [0.1, 0.15) is 97.8 Å². The van der Waals surface area contributed by atoms with E-state index in [1.54, 1.807) is 0 Å². The molecule has 1 N–H and O–H groups in total. The number of unbranched alkanes of at least 4 members (excludes halogenated alkanes) is 7. The summed E-state index contributed by atoms with van der Waals surface area (Å²) in [5, 5.41) is 3.70. The van der Waals surface area contributed by atoms with Gasteiger partial charge in [0.1, 0.15) is 0 Å². The van der Waals surface area contributed by atoms with E-state index >= 15 is 0 Å². The van der Waals surface area contributed by atoms with Crippen molar-refractivity contribution in [1.82, 2.24) is 5.32 Å². The predicted octanol–water partition coefficient (Wildman–Crippen LogP) is 5.93. The lowest BCUT2D eigenvalue weighted by Gasteiger charge is -2.42. The minimum absolute atomic E-state index is 0.692. The van der Waals surface area contributed by atoms with E-state index in [9.17, 15) is 0 Å². The molecule has 0 heterocycles. The maximum absolute atomic E-state index is 3.70. The number of nitrogens with one attached hydrogen (secondary N) is 1. The molecular formula is C19H39N. The van der Waals surface area contributed by atoms with Crippen molar-refractivity contribution in [2.24, 2.45) is 11.3 Å². The van der Waals surface area contributed by atoms with Gasteiger partial charge in [-0.05, 0) is 37.1 Å². The van der Waals surface area contributed by atoms with Gasteiger partial charge in [0.25, 0.3) is 0 Å². The average Bonchev–Trinajstić information content (AvgIpc) is 2.37. The van der Waals surface area contributed by atoms with E-state index in [0.717, 1.165) is 5.92 Å². The summed E-state index contributed by atoms with van der Waals surface area (Å²) in [5.41, 5.74) is 0.692. The molecule has 0 saturated heterocycles. The van der Waals surface area contributed by atoms with Gasteiger partial charge in [-0.25, -0.2) is 0 Å². The first-order chi connectivity index (χ1) is 9.68. The van der Waals surface area contributed by atoms with Gasteiger partial charge in [-0.15, -0.1) is 0 Å². The summed E-state index contributed by atoms with van der Waals surface area (Å²) in [5.74, 6) is 0.787. The Labute approximate surface area is 128 Å². The monoisotopic (exact) mass is 281 g/mol. The van der Waals surface area contributed by atoms with Crippen LogP contribution in [-0.4, -0.2) is 13.1 Å². The highest BCUT2D eigenvalue weighted by atomic mass is 14.9. The topological polar surface area (TPSA) is 12.0 Å². The minimum atomic E-state index is 0.692. The van der Waals surface area contributed by atoms with Crippen LogP contribution in [0.5, 0.6) is 0 Å². The summed E-state index contributed by atoms with van der Waals surface area (Å²) in [6.07, 6.45) is 17.5. The van der Waals surface area contributed by atoms with Crippen molar-refractivity contribution in [2.75, 3.05) is 13.1 Å². The fourth-order valence-corrected chi connectivity index (χ4v) is 3.45. The van der Waals surface area contributed by atoms with Gasteiger partial charge in [0.05, 0.1) is 0 Å². The second-order valence-electron chi connectivity index (χ2n) is 7.60. The third kappa shape index (κ3) is 7.67. The molecule has 1 saturated carbocycles. The Bertz CT molecular complexity index is 218. The van der Waals surface area contributed by atoms with Crippen molar-refractivity contribution in [3.63, 3.8) is 0 Å². The number of hydrogen-bond donors (Lipinski definition) is 1. The molecule has 1 nitrogen and oxygen atoms in total. The first-order valence-corrected chi connectivity index (χ1v) is 9.39. The van der Waals surface area contributed by atoms with Crippen molar-refractivity contribution >= 4 is 0 Å². The lowest BCUT2D eigenvalue weighted by atomic mass is 9.65. The molecule has 0 aromatic rings. The Hall–Kier alpha value is -0.0400. The Morgan fingerprint density at radius 1 is 0.900 bits per heavy atom. The molecule has 0 aromatic heterocycles. The molecule has 20 heavy (non-hydrogen) atoms. The lowest BCUT2D eigenvalue weighted by molar-refractivity contribution is 0.111. The zero-order valence-electron chi connectivity index (χ0n) is 14.5. The molecule has 0 spiro atoms. The summed E-state index contributed by atoms with van der Waals surface area (Å²) in [7, 11) is 0. The highest BCUT2D eigenvalue weighted by Crippen LogP contribution is 2.44. The lowest BCUT2D eigenvalue weighted by Crippen LogP contribution is -2.41. The Kier molecular flexibility index (Phi) is 9.59. The molecule has 0 unspecified atom stereocenters. The van der Waals surface area contributed by atoms with Crippen LogP contribution in [0.2, 0.25) is 0 Å². The van der Waals surface area contributed by atoms with Gasteiger partial charge in [-0.3, -0.25) is 0 Å². The number of hydrogen-bond acceptors (Lipinski definition) is 1. The fourth-order valence-electron chi connectivity index (χ4n) is 3.45. The molecule has 0 atom stereocenters. The molecule has 1 fully saturated rings. The summed E-state index contributed by atoms with van der Waals surface area (Å²) in [4.78, 5) is 0. The van der Waals surface area contributed by atoms with E-state index < -0.39 is 0 Å². The Morgan fingerprint density at radius 3 is 2.00 bits per heavy atom. The van der Waals surface area contributed by atoms with Crippen LogP contribution in [0.3, 0.4) is 0 Å². The average molecular weight is 282 g/mol. The maximum atomic E-state index is 3.70. The zero-order valence-corrected chi connectivity index (χ0v) is 14.5. The van der Waals surface area contributed by atoms with Crippen LogP contribution >= 0.6 is 0 Å². The van der Waals surface area contributed by atoms with Crippen LogP contribution in [-0.2, 0) is 0 Å². The molecule has 1 rings (SSSR count). The summed E-state index contributed by atoms with van der Waals surface area (Å²) in [6.45, 7) is 9.38. The molecule has 0 bridgehead atoms. The largest absolute Gasteiger partial charge is 0.316 e. The van der Waals surface area contributed by atoms with Crippen molar-refractivity contribution in [3.8, 4) is 0 Å². The molecule has 1 heteroatoms. The van der Waals surface area contributed by atoms with Gasteiger partial charge in [0.2, 0.25) is 0 Å². The van der Waals surface area contributed by atoms with Crippen LogP contribution in [0, 0.1) is 11.3 Å². The van der Waals surface area contributed by atoms with Crippen LogP contribution in [0.25, 0.3) is 0 Å². The quantitative estimate of drug-likeness (QED) is 0.412. The van der Waals surface area contributed by atoms with E-state index in [1.165, 1.54) is 90.1 Å². The smallest absolute Gasteiger partial charge is 0.000792 e. The van der Waals surface area contributed by atoms with E-state index in [0.29, 0.717) is 5.41 Å². The van der Waals surface area contributed by atoms with Gasteiger partial charge in [0.15, 0.2) is 0 Å². The van der Waals surface area contributed by atoms with Crippen LogP contribution in [0.15, 0.2) is 0 Å². The molecule has 0 aromatic carbocycles. The third-order valence-electron chi connectivity index (χ3n) is 5.03. The summed E-state index contributed by atoms with van der Waals surface area (Å²) < 4.78 is 0. The van der Waals surface area contributed by atoms with E-state index in [4.69, 9.17) is 0 Å². The van der Waals surface area contributed by atoms with Crippen molar-refractivity contribution in [2.45, 2.75) is 97.8 Å². The van der Waals surface area contributed by atoms with Gasteiger partial charge in [-0.2, -0.15) is 0 Å². The molecule has 0 amide bonds. The van der Waals surface area contributed by atoms with Gasteiger partial charge >= 0.3 is 0 Å². The Balaban J connectivity index is 1.98.